The summed E-state index contributed by atoms with van der Waals surface area (Å²) in [5.74, 6) is 0.0122. The van der Waals surface area contributed by atoms with Crippen LogP contribution in [0.2, 0.25) is 0 Å². The van der Waals surface area contributed by atoms with Crippen molar-refractivity contribution in [2.45, 2.75) is 317 Å². The lowest BCUT2D eigenvalue weighted by Crippen LogP contribution is -2.30. The zero-order chi connectivity index (χ0) is 60.3. The molecule has 0 aromatic heterocycles. The van der Waals surface area contributed by atoms with Gasteiger partial charge in [0.05, 0.1) is 26.4 Å². The molecule has 19 heteroatoms. The van der Waals surface area contributed by atoms with Crippen LogP contribution in [0.15, 0.2) is 0 Å². The van der Waals surface area contributed by atoms with Gasteiger partial charge in [0.15, 0.2) is 12.2 Å². The minimum Gasteiger partial charge on any atom is -0.462 e. The predicted molar refractivity (Wildman–Crippen MR) is 321 cm³/mol. The molecule has 17 nitrogen and oxygen atoms in total. The zero-order valence-corrected chi connectivity index (χ0v) is 54.0. The summed E-state index contributed by atoms with van der Waals surface area (Å²) in [6.07, 6.45) is 33.6. The van der Waals surface area contributed by atoms with Gasteiger partial charge in [-0.3, -0.25) is 37.3 Å². The molecule has 0 aliphatic carbocycles. The van der Waals surface area contributed by atoms with Crippen molar-refractivity contribution in [2.75, 3.05) is 39.6 Å². The van der Waals surface area contributed by atoms with Crippen LogP contribution < -0.4 is 0 Å². The number of unbranched alkanes of at least 4 members (excludes halogenated alkanes) is 27. The Morgan fingerprint density at radius 2 is 0.630 bits per heavy atom. The molecule has 0 saturated carbocycles. The van der Waals surface area contributed by atoms with E-state index < -0.39 is 97.5 Å². The van der Waals surface area contributed by atoms with Crippen LogP contribution in [0.25, 0.3) is 0 Å². The first kappa shape index (κ1) is 79.1. The van der Waals surface area contributed by atoms with Gasteiger partial charge in [-0.1, -0.05) is 248 Å². The van der Waals surface area contributed by atoms with Crippen LogP contribution in [-0.2, 0) is 65.4 Å². The van der Waals surface area contributed by atoms with E-state index in [1.807, 2.05) is 0 Å². The molecule has 0 fully saturated rings. The molecular weight excluding hydrogens is 1080 g/mol. The number of rotatable bonds is 60. The van der Waals surface area contributed by atoms with E-state index in [1.165, 1.54) is 96.3 Å². The number of phosphoric ester groups is 2. The highest BCUT2D eigenvalue weighted by Crippen LogP contribution is 2.45. The molecule has 0 aliphatic rings. The number of ether oxygens (including phenoxy) is 4. The summed E-state index contributed by atoms with van der Waals surface area (Å²) in [5.41, 5.74) is 0. The Bertz CT molecular complexity index is 1620. The second-order valence-corrected chi connectivity index (χ2v) is 26.5. The third-order valence-electron chi connectivity index (χ3n) is 14.5. The lowest BCUT2D eigenvalue weighted by Gasteiger charge is -2.21. The highest BCUT2D eigenvalue weighted by atomic mass is 31.2. The number of aliphatic hydroxyl groups excluding tert-OH is 1. The van der Waals surface area contributed by atoms with Crippen LogP contribution in [0.3, 0.4) is 0 Å². The Balaban J connectivity index is 5.25. The Morgan fingerprint density at radius 1 is 0.358 bits per heavy atom. The molecule has 0 spiro atoms. The lowest BCUT2D eigenvalue weighted by molar-refractivity contribution is -0.161. The number of hydrogen-bond donors (Lipinski definition) is 3. The van der Waals surface area contributed by atoms with Gasteiger partial charge in [-0.2, -0.15) is 0 Å². The van der Waals surface area contributed by atoms with E-state index >= 15 is 0 Å². The maximum atomic E-state index is 12.9. The smallest absolute Gasteiger partial charge is 0.462 e. The number of hydrogen-bond acceptors (Lipinski definition) is 15. The first-order valence-electron chi connectivity index (χ1n) is 32.4. The van der Waals surface area contributed by atoms with Gasteiger partial charge in [0.25, 0.3) is 0 Å². The predicted octanol–water partition coefficient (Wildman–Crippen LogP) is 16.7. The molecule has 0 bridgehead atoms. The summed E-state index contributed by atoms with van der Waals surface area (Å²) < 4.78 is 67.9. The van der Waals surface area contributed by atoms with Crippen LogP contribution in [-0.4, -0.2) is 96.7 Å². The van der Waals surface area contributed by atoms with Crippen LogP contribution >= 0.6 is 15.6 Å². The highest BCUT2D eigenvalue weighted by molar-refractivity contribution is 7.47. The van der Waals surface area contributed by atoms with Crippen molar-refractivity contribution >= 4 is 39.5 Å². The normalized spacial score (nSPS) is 14.8. The first-order chi connectivity index (χ1) is 38.8. The van der Waals surface area contributed by atoms with Crippen molar-refractivity contribution in [1.82, 2.24) is 0 Å². The fourth-order valence-corrected chi connectivity index (χ4v) is 10.7. The molecule has 0 amide bonds. The van der Waals surface area contributed by atoms with Crippen LogP contribution in [0.1, 0.15) is 299 Å². The second-order valence-electron chi connectivity index (χ2n) is 23.6. The van der Waals surface area contributed by atoms with Crippen molar-refractivity contribution in [3.63, 3.8) is 0 Å². The molecule has 0 saturated heterocycles. The quantitative estimate of drug-likeness (QED) is 0.0222. The van der Waals surface area contributed by atoms with E-state index in [-0.39, 0.29) is 25.7 Å². The molecule has 0 heterocycles. The number of esters is 4. The molecule has 480 valence electrons. The van der Waals surface area contributed by atoms with E-state index in [0.717, 1.165) is 109 Å². The third-order valence-corrected chi connectivity index (χ3v) is 16.4. The molecular formula is C62H120O17P2. The van der Waals surface area contributed by atoms with Crippen molar-refractivity contribution in [3.05, 3.63) is 0 Å². The van der Waals surface area contributed by atoms with Gasteiger partial charge in [-0.15, -0.1) is 0 Å². The molecule has 81 heavy (non-hydrogen) atoms. The Hall–Kier alpha value is -1.94. The monoisotopic (exact) mass is 1200 g/mol. The van der Waals surface area contributed by atoms with Crippen molar-refractivity contribution in [1.29, 1.82) is 0 Å². The zero-order valence-electron chi connectivity index (χ0n) is 52.2. The van der Waals surface area contributed by atoms with Gasteiger partial charge in [-0.25, -0.2) is 9.13 Å². The van der Waals surface area contributed by atoms with Gasteiger partial charge in [0.2, 0.25) is 0 Å². The number of carbonyl (C=O) groups is 4. The Kier molecular flexibility index (Phi) is 52.2. The first-order valence-corrected chi connectivity index (χ1v) is 35.4. The lowest BCUT2D eigenvalue weighted by atomic mass is 9.99. The fraction of sp³-hybridized carbons (Fsp3) is 0.935. The van der Waals surface area contributed by atoms with Gasteiger partial charge in [-0.05, 0) is 43.4 Å². The maximum absolute atomic E-state index is 12.9. The van der Waals surface area contributed by atoms with Crippen molar-refractivity contribution in [3.8, 4) is 0 Å². The summed E-state index contributed by atoms with van der Waals surface area (Å²) in [7, 11) is -9.88. The minimum atomic E-state index is -4.94. The highest BCUT2D eigenvalue weighted by Gasteiger charge is 2.30. The molecule has 0 aromatic carbocycles. The van der Waals surface area contributed by atoms with Gasteiger partial charge >= 0.3 is 39.5 Å². The van der Waals surface area contributed by atoms with Gasteiger partial charge in [0.1, 0.15) is 19.3 Å². The maximum Gasteiger partial charge on any atom is 0.472 e. The van der Waals surface area contributed by atoms with E-state index in [2.05, 4.69) is 48.5 Å². The molecule has 0 aromatic rings. The third kappa shape index (κ3) is 55.7. The fourth-order valence-electron chi connectivity index (χ4n) is 9.09. The molecule has 6 atom stereocenters. The molecule has 0 aliphatic heterocycles. The van der Waals surface area contributed by atoms with E-state index in [0.29, 0.717) is 37.5 Å². The Morgan fingerprint density at radius 3 is 0.938 bits per heavy atom. The SMILES string of the molecule is CCCCCCCCCCCCC(=O)O[C@H](COC(=O)CCCCCCCCC(C)C)COP(=O)(O)OC[C@H](O)COP(=O)(O)OC[C@@H](COC(=O)CCCCCCCCCC(C)C)OC(=O)CCCCCCCCCCC(C)CC. The number of carbonyl (C=O) groups excluding carboxylic acids is 4. The largest absolute Gasteiger partial charge is 0.472 e. The Labute approximate surface area is 492 Å². The molecule has 0 radical (unpaired) electrons. The van der Waals surface area contributed by atoms with E-state index in [9.17, 15) is 43.2 Å². The van der Waals surface area contributed by atoms with Gasteiger partial charge in [0, 0.05) is 25.7 Å². The molecule has 3 unspecified atom stereocenters. The van der Waals surface area contributed by atoms with Crippen molar-refractivity contribution in [2.24, 2.45) is 17.8 Å². The standard InChI is InChI=1S/C62H120O17P2/c1-8-10-11-12-13-14-15-21-31-38-45-61(66)78-58(50-73-60(65)44-37-30-25-24-27-34-41-54(5)6)52-77-81(70,71)75-48-56(63)47-74-80(68,69)76-51-57(49-72-59(64)43-36-29-23-18-19-26-33-40-53(3)4)79-62(67)46-39-32-22-17-16-20-28-35-42-55(7)9-2/h53-58,63H,8-52H2,1-7H3,(H,68,69)(H,70,71)/t55?,56-,57-,58-/m1/s1. The number of aliphatic hydroxyl groups is 1. The summed E-state index contributed by atoms with van der Waals surface area (Å²) in [6.45, 7) is 11.6. The van der Waals surface area contributed by atoms with Crippen LogP contribution in [0.4, 0.5) is 0 Å². The van der Waals surface area contributed by atoms with Crippen LogP contribution in [0.5, 0.6) is 0 Å². The van der Waals surface area contributed by atoms with E-state index in [1.54, 1.807) is 0 Å². The van der Waals surface area contributed by atoms with Crippen molar-refractivity contribution < 1.29 is 80.2 Å². The summed E-state index contributed by atoms with van der Waals surface area (Å²) >= 11 is 0. The minimum absolute atomic E-state index is 0.104. The van der Waals surface area contributed by atoms with Gasteiger partial charge < -0.3 is 33.8 Å². The van der Waals surface area contributed by atoms with E-state index in [4.69, 9.17) is 37.0 Å². The topological polar surface area (TPSA) is 237 Å². The summed E-state index contributed by atoms with van der Waals surface area (Å²) in [5, 5.41) is 10.5. The second kappa shape index (κ2) is 53.5. The molecule has 3 N–H and O–H groups in total. The molecule has 0 rings (SSSR count). The number of phosphoric acid groups is 2. The average molecular weight is 1200 g/mol. The van der Waals surface area contributed by atoms with Crippen LogP contribution in [0, 0.1) is 17.8 Å². The average Bonchev–Trinajstić information content (AvgIpc) is 3.42. The summed E-state index contributed by atoms with van der Waals surface area (Å²) in [6, 6.07) is 0. The summed E-state index contributed by atoms with van der Waals surface area (Å²) in [4.78, 5) is 72.1.